The number of methoxy groups -OCH3 is 1. The predicted molar refractivity (Wildman–Crippen MR) is 86.7 cm³/mol. The van der Waals surface area contributed by atoms with Gasteiger partial charge in [-0.3, -0.25) is 4.79 Å². The Labute approximate surface area is 134 Å². The van der Waals surface area contributed by atoms with Crippen molar-refractivity contribution in [2.24, 2.45) is 0 Å². The first kappa shape index (κ1) is 16.9. The number of phenols is 1. The molecule has 1 amide bonds. The number of phenolic OH excluding ortho intramolecular Hbond substituents is 1. The van der Waals surface area contributed by atoms with Crippen LogP contribution in [0.15, 0.2) is 42.5 Å². The van der Waals surface area contributed by atoms with E-state index in [9.17, 15) is 9.90 Å². The highest BCUT2D eigenvalue weighted by Gasteiger charge is 2.15. The molecular weight excluding hydrogens is 297 g/mol. The van der Waals surface area contributed by atoms with Gasteiger partial charge in [-0.25, -0.2) is 0 Å². The van der Waals surface area contributed by atoms with Crippen molar-refractivity contribution in [3.05, 3.63) is 53.6 Å². The molecule has 23 heavy (non-hydrogen) atoms. The molecule has 0 radical (unpaired) electrons. The van der Waals surface area contributed by atoms with Crippen LogP contribution in [0.5, 0.6) is 11.5 Å². The lowest BCUT2D eigenvalue weighted by atomic mass is 9.80. The summed E-state index contributed by atoms with van der Waals surface area (Å²) in [6, 6.07) is 11.0. The van der Waals surface area contributed by atoms with Gasteiger partial charge in [0.05, 0.1) is 7.11 Å². The fourth-order valence-electron chi connectivity index (χ4n) is 2.20. The first-order valence-electron chi connectivity index (χ1n) is 7.00. The van der Waals surface area contributed by atoms with E-state index in [-0.39, 0.29) is 11.7 Å². The summed E-state index contributed by atoms with van der Waals surface area (Å²) in [6.45, 7) is 0.320. The molecule has 0 atom stereocenters. The summed E-state index contributed by atoms with van der Waals surface area (Å²) in [5.74, 6) is 0.187. The number of rotatable bonds is 5. The molecule has 0 aliphatic heterocycles. The minimum absolute atomic E-state index is 0.0205. The van der Waals surface area contributed by atoms with Gasteiger partial charge in [-0.2, -0.15) is 0 Å². The molecule has 0 spiro atoms. The Hall–Kier alpha value is -2.51. The Kier molecular flexibility index (Phi) is 5.26. The number of amides is 1. The highest BCUT2D eigenvalue weighted by Crippen LogP contribution is 2.26. The average molecular weight is 315 g/mol. The van der Waals surface area contributed by atoms with Gasteiger partial charge in [0.25, 0.3) is 5.91 Å². The van der Waals surface area contributed by atoms with E-state index in [0.29, 0.717) is 23.3 Å². The highest BCUT2D eigenvalue weighted by atomic mass is 16.5. The van der Waals surface area contributed by atoms with E-state index in [2.05, 4.69) is 0 Å². The SMILES string of the molecule is COc1ccc(CN(C)C(=O)c2ccc(B(O)O)cc2)cc1O. The number of aromatic hydroxyl groups is 1. The Morgan fingerprint density at radius 1 is 1.17 bits per heavy atom. The lowest BCUT2D eigenvalue weighted by Crippen LogP contribution is -2.31. The van der Waals surface area contributed by atoms with Gasteiger partial charge in [0.2, 0.25) is 0 Å². The standard InChI is InChI=1S/C16H18BNO5/c1-18(10-11-3-8-15(23-2)14(19)9-11)16(20)12-4-6-13(7-5-12)17(21)22/h3-9,19,21-22H,10H2,1-2H3. The molecule has 0 unspecified atom stereocenters. The Bertz CT molecular complexity index is 687. The van der Waals surface area contributed by atoms with Crippen LogP contribution >= 0.6 is 0 Å². The zero-order valence-electron chi connectivity index (χ0n) is 12.9. The van der Waals surface area contributed by atoms with Crippen LogP contribution in [0.1, 0.15) is 15.9 Å². The van der Waals surface area contributed by atoms with Crippen LogP contribution in [0, 0.1) is 0 Å². The van der Waals surface area contributed by atoms with Gasteiger partial charge < -0.3 is 24.8 Å². The smallest absolute Gasteiger partial charge is 0.488 e. The van der Waals surface area contributed by atoms with E-state index < -0.39 is 7.12 Å². The molecule has 0 aliphatic carbocycles. The zero-order chi connectivity index (χ0) is 17.0. The van der Waals surface area contributed by atoms with Crippen molar-refractivity contribution in [3.8, 4) is 11.5 Å². The largest absolute Gasteiger partial charge is 0.504 e. The molecule has 0 saturated heterocycles. The third kappa shape index (κ3) is 4.03. The van der Waals surface area contributed by atoms with Crippen LogP contribution in [-0.2, 0) is 6.54 Å². The molecule has 0 heterocycles. The van der Waals surface area contributed by atoms with Crippen LogP contribution in [-0.4, -0.2) is 47.2 Å². The normalized spacial score (nSPS) is 10.3. The second-order valence-corrected chi connectivity index (χ2v) is 5.16. The molecule has 0 saturated carbocycles. The fourth-order valence-corrected chi connectivity index (χ4v) is 2.20. The molecule has 0 bridgehead atoms. The minimum atomic E-state index is -1.56. The third-order valence-electron chi connectivity index (χ3n) is 3.47. The summed E-state index contributed by atoms with van der Waals surface area (Å²) in [5.41, 5.74) is 1.53. The van der Waals surface area contributed by atoms with E-state index >= 15 is 0 Å². The lowest BCUT2D eigenvalue weighted by Gasteiger charge is -2.18. The summed E-state index contributed by atoms with van der Waals surface area (Å²) >= 11 is 0. The quantitative estimate of drug-likeness (QED) is 0.693. The molecule has 7 heteroatoms. The molecule has 3 N–H and O–H groups in total. The fraction of sp³-hybridized carbons (Fsp3) is 0.188. The van der Waals surface area contributed by atoms with Gasteiger partial charge in [-0.05, 0) is 35.3 Å². The van der Waals surface area contributed by atoms with Gasteiger partial charge in [0, 0.05) is 19.2 Å². The molecule has 0 aliphatic rings. The second-order valence-electron chi connectivity index (χ2n) is 5.16. The first-order valence-corrected chi connectivity index (χ1v) is 7.00. The molecule has 120 valence electrons. The average Bonchev–Trinajstić information content (AvgIpc) is 2.54. The molecular formula is C16H18BNO5. The summed E-state index contributed by atoms with van der Waals surface area (Å²) in [5, 5.41) is 27.9. The van der Waals surface area contributed by atoms with Gasteiger partial charge in [0.1, 0.15) is 0 Å². The number of carbonyl (C=O) groups excluding carboxylic acids is 1. The van der Waals surface area contributed by atoms with E-state index in [4.69, 9.17) is 14.8 Å². The highest BCUT2D eigenvalue weighted by molar-refractivity contribution is 6.58. The molecule has 2 aromatic rings. The maximum absolute atomic E-state index is 12.4. The van der Waals surface area contributed by atoms with Gasteiger partial charge in [-0.15, -0.1) is 0 Å². The van der Waals surface area contributed by atoms with Crippen molar-refractivity contribution >= 4 is 18.5 Å². The lowest BCUT2D eigenvalue weighted by molar-refractivity contribution is 0.0785. The third-order valence-corrected chi connectivity index (χ3v) is 3.47. The summed E-state index contributed by atoms with van der Waals surface area (Å²) in [4.78, 5) is 13.9. The molecule has 2 aromatic carbocycles. The topological polar surface area (TPSA) is 90.2 Å². The maximum atomic E-state index is 12.4. The van der Waals surface area contributed by atoms with Crippen molar-refractivity contribution in [2.45, 2.75) is 6.54 Å². The minimum Gasteiger partial charge on any atom is -0.504 e. The number of benzene rings is 2. The van der Waals surface area contributed by atoms with Crippen molar-refractivity contribution < 1.29 is 24.7 Å². The summed E-state index contributed by atoms with van der Waals surface area (Å²) < 4.78 is 4.98. The molecule has 6 nitrogen and oxygen atoms in total. The molecule has 2 rings (SSSR count). The van der Waals surface area contributed by atoms with Gasteiger partial charge in [0.15, 0.2) is 11.5 Å². The van der Waals surface area contributed by atoms with E-state index in [1.165, 1.54) is 24.1 Å². The van der Waals surface area contributed by atoms with Crippen LogP contribution in [0.4, 0.5) is 0 Å². The Morgan fingerprint density at radius 2 is 1.83 bits per heavy atom. The van der Waals surface area contributed by atoms with E-state index in [1.54, 1.807) is 37.4 Å². The number of hydrogen-bond donors (Lipinski definition) is 3. The van der Waals surface area contributed by atoms with Gasteiger partial charge in [-0.1, -0.05) is 18.2 Å². The van der Waals surface area contributed by atoms with E-state index in [0.717, 1.165) is 5.56 Å². The van der Waals surface area contributed by atoms with Crippen LogP contribution in [0.3, 0.4) is 0 Å². The number of carbonyl (C=O) groups is 1. The first-order chi connectivity index (χ1) is 10.9. The van der Waals surface area contributed by atoms with Crippen LogP contribution < -0.4 is 10.2 Å². The van der Waals surface area contributed by atoms with Crippen molar-refractivity contribution in [1.82, 2.24) is 4.90 Å². The number of ether oxygens (including phenoxy) is 1. The maximum Gasteiger partial charge on any atom is 0.488 e. The van der Waals surface area contributed by atoms with Crippen molar-refractivity contribution in [2.75, 3.05) is 14.2 Å². The van der Waals surface area contributed by atoms with Crippen LogP contribution in [0.2, 0.25) is 0 Å². The van der Waals surface area contributed by atoms with E-state index in [1.807, 2.05) is 0 Å². The predicted octanol–water partition coefficient (Wildman–Crippen LogP) is 0.353. The summed E-state index contributed by atoms with van der Waals surface area (Å²) in [6.07, 6.45) is 0. The Morgan fingerprint density at radius 3 is 2.35 bits per heavy atom. The van der Waals surface area contributed by atoms with Crippen LogP contribution in [0.25, 0.3) is 0 Å². The Balaban J connectivity index is 2.09. The number of hydrogen-bond acceptors (Lipinski definition) is 5. The molecule has 0 aromatic heterocycles. The van der Waals surface area contributed by atoms with Gasteiger partial charge >= 0.3 is 7.12 Å². The number of nitrogens with zero attached hydrogens (tertiary/aromatic N) is 1. The monoisotopic (exact) mass is 315 g/mol. The second kappa shape index (κ2) is 7.17. The van der Waals surface area contributed by atoms with Crippen molar-refractivity contribution in [1.29, 1.82) is 0 Å². The van der Waals surface area contributed by atoms with Crippen molar-refractivity contribution in [3.63, 3.8) is 0 Å². The summed E-state index contributed by atoms with van der Waals surface area (Å²) in [7, 11) is 1.56. The zero-order valence-corrected chi connectivity index (χ0v) is 12.9. The molecule has 0 fully saturated rings.